The minimum Gasteiger partial charge on any atom is -0.328 e. The number of imidazole rings is 2. The van der Waals surface area contributed by atoms with Crippen LogP contribution in [-0.2, 0) is 0 Å². The van der Waals surface area contributed by atoms with E-state index >= 15 is 0 Å². The maximum Gasteiger partial charge on any atom is 0.278 e. The molecule has 0 bridgehead atoms. The van der Waals surface area contributed by atoms with E-state index in [1.54, 1.807) is 23.3 Å². The summed E-state index contributed by atoms with van der Waals surface area (Å²) >= 11 is 3.39. The highest BCUT2D eigenvalue weighted by molar-refractivity contribution is 9.10. The van der Waals surface area contributed by atoms with Gasteiger partial charge in [0.25, 0.3) is 5.91 Å². The van der Waals surface area contributed by atoms with Crippen LogP contribution < -0.4 is 5.32 Å². The Morgan fingerprint density at radius 2 is 2.05 bits per heavy atom. The van der Waals surface area contributed by atoms with Gasteiger partial charge in [0.1, 0.15) is 12.0 Å². The minimum atomic E-state index is -0.305. The number of hydrogen-bond acceptors (Lipinski definition) is 3. The Bertz CT molecular complexity index is 775. The number of aromatic nitrogens is 4. The van der Waals surface area contributed by atoms with Crippen molar-refractivity contribution in [3.8, 4) is 5.69 Å². The number of benzene rings is 1. The van der Waals surface area contributed by atoms with Crippen molar-refractivity contribution in [1.82, 2.24) is 19.5 Å². The Balaban J connectivity index is 1.78. The zero-order valence-electron chi connectivity index (χ0n) is 11.2. The summed E-state index contributed by atoms with van der Waals surface area (Å²) in [5.74, 6) is 0.107. The fraction of sp³-hybridized carbons (Fsp3) is 0.0714. The molecule has 0 spiro atoms. The molecule has 0 saturated carbocycles. The van der Waals surface area contributed by atoms with Crippen LogP contribution >= 0.6 is 15.9 Å². The van der Waals surface area contributed by atoms with E-state index in [1.165, 1.54) is 0 Å². The molecule has 2 aromatic heterocycles. The quantitative estimate of drug-likeness (QED) is 0.766. The van der Waals surface area contributed by atoms with Crippen LogP contribution in [0.25, 0.3) is 5.69 Å². The van der Waals surface area contributed by atoms with E-state index in [2.05, 4.69) is 36.2 Å². The van der Waals surface area contributed by atoms with E-state index in [9.17, 15) is 4.79 Å². The molecule has 0 unspecified atom stereocenters. The van der Waals surface area contributed by atoms with Gasteiger partial charge in [-0.05, 0) is 31.2 Å². The number of nitrogens with one attached hydrogen (secondary N) is 2. The number of carbonyl (C=O) groups excluding carboxylic acids is 1. The highest BCUT2D eigenvalue weighted by Gasteiger charge is 2.11. The van der Waals surface area contributed by atoms with E-state index in [1.807, 2.05) is 31.2 Å². The van der Waals surface area contributed by atoms with Crippen molar-refractivity contribution in [1.29, 1.82) is 0 Å². The molecule has 0 atom stereocenters. The third-order valence-corrected chi connectivity index (χ3v) is 3.40. The van der Waals surface area contributed by atoms with Crippen LogP contribution in [0.5, 0.6) is 0 Å². The van der Waals surface area contributed by atoms with Crippen molar-refractivity contribution < 1.29 is 4.79 Å². The molecule has 21 heavy (non-hydrogen) atoms. The monoisotopic (exact) mass is 345 g/mol. The number of hydrogen-bond donors (Lipinski definition) is 2. The third-order valence-electron chi connectivity index (χ3n) is 2.87. The molecule has 1 amide bonds. The van der Waals surface area contributed by atoms with E-state index < -0.39 is 0 Å². The summed E-state index contributed by atoms with van der Waals surface area (Å²) in [6, 6.07) is 7.73. The molecule has 0 aliphatic carbocycles. The Hall–Kier alpha value is -2.41. The summed E-state index contributed by atoms with van der Waals surface area (Å²) in [7, 11) is 0. The Morgan fingerprint density at radius 3 is 2.71 bits per heavy atom. The van der Waals surface area contributed by atoms with E-state index in [-0.39, 0.29) is 5.91 Å². The Kier molecular flexibility index (Phi) is 3.57. The summed E-state index contributed by atoms with van der Waals surface area (Å²) in [6.07, 6.45) is 4.93. The molecule has 3 aromatic rings. The first-order valence-electron chi connectivity index (χ1n) is 6.25. The predicted octanol–water partition coefficient (Wildman–Crippen LogP) is 2.92. The van der Waals surface area contributed by atoms with Crippen molar-refractivity contribution in [2.24, 2.45) is 0 Å². The molecule has 2 heterocycles. The zero-order valence-corrected chi connectivity index (χ0v) is 12.8. The lowest BCUT2D eigenvalue weighted by molar-refractivity contribution is 0.102. The number of H-pyrrole nitrogens is 1. The van der Waals surface area contributed by atoms with Crippen molar-refractivity contribution in [3.63, 3.8) is 0 Å². The average molecular weight is 346 g/mol. The lowest BCUT2D eigenvalue weighted by Gasteiger charge is -2.01. The summed E-state index contributed by atoms with van der Waals surface area (Å²) in [5, 5.41) is 2.66. The lowest BCUT2D eigenvalue weighted by atomic mass is 10.3. The first kappa shape index (κ1) is 13.6. The van der Waals surface area contributed by atoms with Crippen LogP contribution in [0.3, 0.4) is 0 Å². The number of nitrogens with zero attached hydrogens (tertiary/aromatic N) is 3. The second-order valence-electron chi connectivity index (χ2n) is 4.51. The highest BCUT2D eigenvalue weighted by atomic mass is 79.9. The topological polar surface area (TPSA) is 75.6 Å². The molecule has 0 radical (unpaired) electrons. The summed E-state index contributed by atoms with van der Waals surface area (Å²) in [6.45, 7) is 1.87. The van der Waals surface area contributed by atoms with Gasteiger partial charge < -0.3 is 9.55 Å². The van der Waals surface area contributed by atoms with E-state index in [4.69, 9.17) is 0 Å². The molecule has 6 nitrogen and oxygen atoms in total. The van der Waals surface area contributed by atoms with Gasteiger partial charge in [-0.15, -0.1) is 0 Å². The molecular weight excluding hydrogens is 334 g/mol. The number of rotatable bonds is 3. The maximum atomic E-state index is 12.1. The molecule has 0 aliphatic heterocycles. The molecule has 0 fully saturated rings. The van der Waals surface area contributed by atoms with Crippen LogP contribution in [0.1, 0.15) is 16.2 Å². The fourth-order valence-electron chi connectivity index (χ4n) is 1.84. The van der Waals surface area contributed by atoms with Crippen molar-refractivity contribution >= 4 is 27.8 Å². The summed E-state index contributed by atoms with van der Waals surface area (Å²) in [4.78, 5) is 23.2. The molecule has 0 saturated heterocycles. The molecule has 2 N–H and O–H groups in total. The minimum absolute atomic E-state index is 0.305. The van der Waals surface area contributed by atoms with Gasteiger partial charge in [-0.1, -0.05) is 15.9 Å². The number of anilines is 1. The van der Waals surface area contributed by atoms with Gasteiger partial charge in [-0.3, -0.25) is 10.1 Å². The maximum absolute atomic E-state index is 12.1. The van der Waals surface area contributed by atoms with Crippen LogP contribution in [0.2, 0.25) is 0 Å². The van der Waals surface area contributed by atoms with Crippen LogP contribution in [0.4, 0.5) is 5.95 Å². The van der Waals surface area contributed by atoms with Crippen molar-refractivity contribution in [2.75, 3.05) is 5.32 Å². The van der Waals surface area contributed by atoms with Gasteiger partial charge >= 0.3 is 0 Å². The summed E-state index contributed by atoms with van der Waals surface area (Å²) < 4.78 is 2.78. The van der Waals surface area contributed by atoms with Crippen LogP contribution in [-0.4, -0.2) is 25.4 Å². The normalized spacial score (nSPS) is 10.6. The van der Waals surface area contributed by atoms with Gasteiger partial charge in [0.15, 0.2) is 0 Å². The van der Waals surface area contributed by atoms with Gasteiger partial charge in [-0.2, -0.15) is 0 Å². The zero-order chi connectivity index (χ0) is 14.8. The molecule has 1 aromatic carbocycles. The average Bonchev–Trinajstić information content (AvgIpc) is 3.09. The number of halogens is 1. The van der Waals surface area contributed by atoms with Gasteiger partial charge in [0, 0.05) is 28.2 Å². The lowest BCUT2D eigenvalue weighted by Crippen LogP contribution is -2.13. The van der Waals surface area contributed by atoms with Gasteiger partial charge in [-0.25, -0.2) is 9.97 Å². The molecule has 7 heteroatoms. The van der Waals surface area contributed by atoms with E-state index in [0.29, 0.717) is 11.6 Å². The third kappa shape index (κ3) is 3.03. The van der Waals surface area contributed by atoms with Crippen LogP contribution in [0, 0.1) is 6.92 Å². The largest absolute Gasteiger partial charge is 0.328 e. The first-order chi connectivity index (χ1) is 10.1. The number of amides is 1. The Labute approximate surface area is 129 Å². The number of aromatic amines is 1. The van der Waals surface area contributed by atoms with Gasteiger partial charge in [0.2, 0.25) is 5.95 Å². The summed E-state index contributed by atoms with van der Waals surface area (Å²) in [5.41, 5.74) is 2.14. The van der Waals surface area contributed by atoms with Crippen molar-refractivity contribution in [3.05, 3.63) is 58.8 Å². The molecule has 3 rings (SSSR count). The van der Waals surface area contributed by atoms with Crippen LogP contribution in [0.15, 0.2) is 47.5 Å². The van der Waals surface area contributed by atoms with Crippen molar-refractivity contribution in [2.45, 2.75) is 6.92 Å². The van der Waals surface area contributed by atoms with E-state index in [0.717, 1.165) is 15.9 Å². The SMILES string of the molecule is Cc1cnc(NC(=O)c2cn(-c3ccc(Br)cc3)cn2)[nH]1. The highest BCUT2D eigenvalue weighted by Crippen LogP contribution is 2.14. The predicted molar refractivity (Wildman–Crippen MR) is 82.5 cm³/mol. The fourth-order valence-corrected chi connectivity index (χ4v) is 2.11. The molecule has 106 valence electrons. The second kappa shape index (κ2) is 5.53. The van der Waals surface area contributed by atoms with Gasteiger partial charge in [0.05, 0.1) is 0 Å². The number of carbonyl (C=O) groups is 1. The standard InChI is InChI=1S/C14H12BrN5O/c1-9-6-16-14(18-9)19-13(21)12-7-20(8-17-12)11-4-2-10(15)3-5-11/h2-8H,1H3,(H2,16,18,19,21). The molecule has 0 aliphatic rings. The molecular formula is C14H12BrN5O. The smallest absolute Gasteiger partial charge is 0.278 e. The second-order valence-corrected chi connectivity index (χ2v) is 5.43. The Morgan fingerprint density at radius 1 is 1.29 bits per heavy atom. The number of aryl methyl sites for hydroxylation is 1. The first-order valence-corrected chi connectivity index (χ1v) is 7.04.